The molecule has 0 N–H and O–H groups in total. The fourth-order valence-corrected chi connectivity index (χ4v) is 1.26. The van der Waals surface area contributed by atoms with Gasteiger partial charge in [0.15, 0.2) is 0 Å². The van der Waals surface area contributed by atoms with Crippen molar-refractivity contribution >= 4 is 12.3 Å². The van der Waals surface area contributed by atoms with Gasteiger partial charge in [0.25, 0.3) is 0 Å². The summed E-state index contributed by atoms with van der Waals surface area (Å²) in [5.74, 6) is -1.24. The molecule has 0 spiro atoms. The van der Waals surface area contributed by atoms with Crippen LogP contribution in [0.5, 0.6) is 0 Å². The number of esters is 1. The van der Waals surface area contributed by atoms with E-state index >= 15 is 0 Å². The number of carbonyl (C=O) groups excluding carboxylic acids is 2. The van der Waals surface area contributed by atoms with Crippen molar-refractivity contribution in [3.8, 4) is 0 Å². The Balaban J connectivity index is 2.76. The third-order valence-electron chi connectivity index (χ3n) is 1.97. The van der Waals surface area contributed by atoms with Crippen molar-refractivity contribution in [2.24, 2.45) is 5.92 Å². The molecule has 0 radical (unpaired) electrons. The normalized spacial score (nSPS) is 17.5. The summed E-state index contributed by atoms with van der Waals surface area (Å²) in [5.41, 5.74) is 0.744. The standard InChI is InChI=1S/C10H12O3/c1-13-10(12)9(7-11)8-5-3-2-4-6-8/h3,5-7,9H,2,4H2,1H3. The predicted octanol–water partition coefficient (Wildman–Crippen LogP) is 1.25. The number of rotatable bonds is 3. The van der Waals surface area contributed by atoms with Gasteiger partial charge in [-0.15, -0.1) is 0 Å². The maximum atomic E-state index is 11.1. The van der Waals surface area contributed by atoms with Crippen LogP contribution in [-0.2, 0) is 14.3 Å². The minimum Gasteiger partial charge on any atom is -0.468 e. The first-order valence-electron chi connectivity index (χ1n) is 4.19. The van der Waals surface area contributed by atoms with Crippen LogP contribution in [0.15, 0.2) is 23.8 Å². The van der Waals surface area contributed by atoms with Crippen molar-refractivity contribution in [2.75, 3.05) is 7.11 Å². The minimum absolute atomic E-state index is 0.493. The molecule has 1 rings (SSSR count). The summed E-state index contributed by atoms with van der Waals surface area (Å²) in [5, 5.41) is 0. The molecule has 70 valence electrons. The Labute approximate surface area is 77.1 Å². The Kier molecular flexibility index (Phi) is 3.43. The zero-order valence-corrected chi connectivity index (χ0v) is 7.53. The maximum absolute atomic E-state index is 11.1. The van der Waals surface area contributed by atoms with Crippen molar-refractivity contribution in [2.45, 2.75) is 12.8 Å². The molecule has 0 aromatic heterocycles. The molecule has 0 aromatic rings. The molecule has 13 heavy (non-hydrogen) atoms. The van der Waals surface area contributed by atoms with E-state index < -0.39 is 11.9 Å². The van der Waals surface area contributed by atoms with Gasteiger partial charge in [-0.2, -0.15) is 0 Å². The van der Waals surface area contributed by atoms with Gasteiger partial charge in [-0.3, -0.25) is 4.79 Å². The van der Waals surface area contributed by atoms with Crippen LogP contribution >= 0.6 is 0 Å². The predicted molar refractivity (Wildman–Crippen MR) is 48.0 cm³/mol. The quantitative estimate of drug-likeness (QED) is 0.373. The fourth-order valence-electron chi connectivity index (χ4n) is 1.26. The van der Waals surface area contributed by atoms with E-state index in [4.69, 9.17) is 0 Å². The molecular weight excluding hydrogens is 168 g/mol. The molecule has 1 atom stereocenters. The Morgan fingerprint density at radius 2 is 2.38 bits per heavy atom. The second-order valence-electron chi connectivity index (χ2n) is 2.82. The van der Waals surface area contributed by atoms with Crippen molar-refractivity contribution < 1.29 is 14.3 Å². The van der Waals surface area contributed by atoms with E-state index in [9.17, 15) is 9.59 Å². The third-order valence-corrected chi connectivity index (χ3v) is 1.97. The summed E-state index contributed by atoms with van der Waals surface area (Å²) in [7, 11) is 1.28. The number of aldehydes is 1. The van der Waals surface area contributed by atoms with Gasteiger partial charge in [-0.1, -0.05) is 18.2 Å². The Hall–Kier alpha value is -1.38. The molecular formula is C10H12O3. The molecule has 1 aliphatic carbocycles. The molecule has 1 aliphatic rings. The van der Waals surface area contributed by atoms with E-state index in [1.807, 2.05) is 12.2 Å². The van der Waals surface area contributed by atoms with Gasteiger partial charge in [-0.25, -0.2) is 0 Å². The van der Waals surface area contributed by atoms with Crippen molar-refractivity contribution in [3.05, 3.63) is 23.8 Å². The van der Waals surface area contributed by atoms with Gasteiger partial charge >= 0.3 is 5.97 Å². The summed E-state index contributed by atoms with van der Waals surface area (Å²) < 4.78 is 4.51. The highest BCUT2D eigenvalue weighted by Gasteiger charge is 2.21. The Morgan fingerprint density at radius 3 is 2.85 bits per heavy atom. The molecule has 1 unspecified atom stereocenters. The third kappa shape index (κ3) is 2.28. The van der Waals surface area contributed by atoms with Crippen LogP contribution in [0.3, 0.4) is 0 Å². The van der Waals surface area contributed by atoms with Crippen LogP contribution in [-0.4, -0.2) is 19.4 Å². The fraction of sp³-hybridized carbons (Fsp3) is 0.400. The van der Waals surface area contributed by atoms with Crippen molar-refractivity contribution in [3.63, 3.8) is 0 Å². The topological polar surface area (TPSA) is 43.4 Å². The lowest BCUT2D eigenvalue weighted by Crippen LogP contribution is -2.19. The number of methoxy groups -OCH3 is 1. The van der Waals surface area contributed by atoms with Crippen LogP contribution < -0.4 is 0 Å². The van der Waals surface area contributed by atoms with Crippen LogP contribution in [0.4, 0.5) is 0 Å². The summed E-state index contributed by atoms with van der Waals surface area (Å²) in [6.07, 6.45) is 8.13. The van der Waals surface area contributed by atoms with E-state index in [-0.39, 0.29) is 0 Å². The molecule has 0 bridgehead atoms. The average Bonchev–Trinajstić information content (AvgIpc) is 2.20. The highest BCUT2D eigenvalue weighted by atomic mass is 16.5. The first kappa shape index (κ1) is 9.71. The Morgan fingerprint density at radius 1 is 1.62 bits per heavy atom. The van der Waals surface area contributed by atoms with E-state index in [2.05, 4.69) is 4.74 Å². The van der Waals surface area contributed by atoms with E-state index in [0.29, 0.717) is 6.29 Å². The number of hydrogen-bond donors (Lipinski definition) is 0. The second kappa shape index (κ2) is 4.60. The summed E-state index contributed by atoms with van der Waals surface area (Å²) >= 11 is 0. The minimum atomic E-state index is -0.749. The van der Waals surface area contributed by atoms with Gasteiger partial charge in [0, 0.05) is 0 Å². The molecule has 0 aromatic carbocycles. The Bertz CT molecular complexity index is 263. The summed E-state index contributed by atoms with van der Waals surface area (Å²) in [4.78, 5) is 21.7. The van der Waals surface area contributed by atoms with Gasteiger partial charge in [0.1, 0.15) is 12.2 Å². The molecule has 0 saturated heterocycles. The lowest BCUT2D eigenvalue weighted by molar-refractivity contribution is -0.145. The lowest BCUT2D eigenvalue weighted by Gasteiger charge is -2.11. The molecule has 0 amide bonds. The second-order valence-corrected chi connectivity index (χ2v) is 2.82. The molecule has 0 aliphatic heterocycles. The zero-order chi connectivity index (χ0) is 9.68. The maximum Gasteiger partial charge on any atom is 0.320 e. The van der Waals surface area contributed by atoms with Gasteiger partial charge in [0.05, 0.1) is 7.11 Å². The number of allylic oxidation sites excluding steroid dienone is 3. The number of hydrogen-bond acceptors (Lipinski definition) is 3. The van der Waals surface area contributed by atoms with E-state index in [0.717, 1.165) is 18.4 Å². The summed E-state index contributed by atoms with van der Waals surface area (Å²) in [6, 6.07) is 0. The van der Waals surface area contributed by atoms with Gasteiger partial charge in [-0.05, 0) is 18.4 Å². The van der Waals surface area contributed by atoms with Crippen LogP contribution in [0.1, 0.15) is 12.8 Å². The first-order valence-corrected chi connectivity index (χ1v) is 4.19. The van der Waals surface area contributed by atoms with E-state index in [1.54, 1.807) is 6.08 Å². The van der Waals surface area contributed by atoms with E-state index in [1.165, 1.54) is 7.11 Å². The summed E-state index contributed by atoms with van der Waals surface area (Å²) in [6.45, 7) is 0. The van der Waals surface area contributed by atoms with Gasteiger partial charge in [0.2, 0.25) is 0 Å². The zero-order valence-electron chi connectivity index (χ0n) is 7.53. The van der Waals surface area contributed by atoms with Gasteiger partial charge < -0.3 is 9.53 Å². The molecule has 3 heteroatoms. The molecule has 0 saturated carbocycles. The van der Waals surface area contributed by atoms with Crippen molar-refractivity contribution in [1.82, 2.24) is 0 Å². The monoisotopic (exact) mass is 180 g/mol. The number of ether oxygens (including phenoxy) is 1. The SMILES string of the molecule is COC(=O)C(C=O)C1=CCCC=C1. The van der Waals surface area contributed by atoms with Crippen LogP contribution in [0.2, 0.25) is 0 Å². The van der Waals surface area contributed by atoms with Crippen LogP contribution in [0, 0.1) is 5.92 Å². The average molecular weight is 180 g/mol. The lowest BCUT2D eigenvalue weighted by atomic mass is 9.95. The van der Waals surface area contributed by atoms with Crippen molar-refractivity contribution in [1.29, 1.82) is 0 Å². The molecule has 0 heterocycles. The van der Waals surface area contributed by atoms with Crippen LogP contribution in [0.25, 0.3) is 0 Å². The highest BCUT2D eigenvalue weighted by molar-refractivity contribution is 5.92. The largest absolute Gasteiger partial charge is 0.468 e. The number of carbonyl (C=O) groups is 2. The smallest absolute Gasteiger partial charge is 0.320 e. The molecule has 0 fully saturated rings. The first-order chi connectivity index (χ1) is 6.29. The molecule has 3 nitrogen and oxygen atoms in total. The highest BCUT2D eigenvalue weighted by Crippen LogP contribution is 2.18.